The Balaban J connectivity index is 2.83. The Morgan fingerprint density at radius 3 is 2.70 bits per heavy atom. The van der Waals surface area contributed by atoms with Crippen LogP contribution in [0, 0.1) is 0 Å². The first-order valence-electron chi connectivity index (χ1n) is 6.39. The normalized spacial score (nSPS) is 14.1. The van der Waals surface area contributed by atoms with Crippen LogP contribution in [0.4, 0.5) is 0 Å². The second-order valence-corrected chi connectivity index (χ2v) is 6.33. The molecule has 8 heteroatoms. The molecule has 7 nitrogen and oxygen atoms in total. The minimum atomic E-state index is -0.243. The first-order chi connectivity index (χ1) is 9.29. The van der Waals surface area contributed by atoms with Crippen LogP contribution in [0.1, 0.15) is 55.9 Å². The van der Waals surface area contributed by atoms with Gasteiger partial charge in [-0.1, -0.05) is 37.3 Å². The number of oxime groups is 1. The highest BCUT2D eigenvalue weighted by atomic mass is 32.1. The molecule has 1 amide bonds. The minimum absolute atomic E-state index is 0.0932. The average Bonchev–Trinajstić information content (AvgIpc) is 2.86. The van der Waals surface area contributed by atoms with Crippen molar-refractivity contribution >= 4 is 23.3 Å². The van der Waals surface area contributed by atoms with Crippen molar-refractivity contribution in [3.8, 4) is 0 Å². The van der Waals surface area contributed by atoms with E-state index in [1.807, 2.05) is 27.7 Å². The first kappa shape index (κ1) is 16.4. The lowest BCUT2D eigenvalue weighted by Crippen LogP contribution is -2.38. The summed E-state index contributed by atoms with van der Waals surface area (Å²) in [6, 6.07) is -0.187. The van der Waals surface area contributed by atoms with Crippen LogP contribution in [-0.4, -0.2) is 32.6 Å². The highest BCUT2D eigenvalue weighted by Crippen LogP contribution is 2.25. The Kier molecular flexibility index (Phi) is 5.43. The van der Waals surface area contributed by atoms with Gasteiger partial charge in [0, 0.05) is 17.9 Å². The molecule has 1 heterocycles. The highest BCUT2D eigenvalue weighted by molar-refractivity contribution is 7.08. The van der Waals surface area contributed by atoms with E-state index in [1.165, 1.54) is 0 Å². The van der Waals surface area contributed by atoms with Gasteiger partial charge < -0.3 is 16.3 Å². The van der Waals surface area contributed by atoms with E-state index in [9.17, 15) is 4.79 Å². The molecule has 4 N–H and O–H groups in total. The maximum absolute atomic E-state index is 12.3. The molecule has 20 heavy (non-hydrogen) atoms. The molecular weight excluding hydrogens is 278 g/mol. The van der Waals surface area contributed by atoms with Gasteiger partial charge in [-0.15, -0.1) is 5.10 Å². The zero-order valence-electron chi connectivity index (χ0n) is 12.2. The quantitative estimate of drug-likeness (QED) is 0.330. The molecule has 1 rings (SSSR count). The van der Waals surface area contributed by atoms with Crippen LogP contribution in [0.2, 0.25) is 0 Å². The fraction of sp³-hybridized carbons (Fsp3) is 0.667. The molecule has 0 aliphatic rings. The summed E-state index contributed by atoms with van der Waals surface area (Å²) < 4.78 is 3.86. The van der Waals surface area contributed by atoms with Gasteiger partial charge in [-0.2, -0.15) is 0 Å². The Hall–Kier alpha value is -1.70. The van der Waals surface area contributed by atoms with E-state index >= 15 is 0 Å². The lowest BCUT2D eigenvalue weighted by atomic mass is 9.91. The number of amidine groups is 1. The van der Waals surface area contributed by atoms with Crippen molar-refractivity contribution in [2.75, 3.05) is 0 Å². The number of amides is 1. The summed E-state index contributed by atoms with van der Waals surface area (Å²) >= 11 is 1.08. The number of aromatic nitrogens is 2. The monoisotopic (exact) mass is 299 g/mol. The van der Waals surface area contributed by atoms with E-state index in [4.69, 9.17) is 10.9 Å². The second kappa shape index (κ2) is 6.65. The summed E-state index contributed by atoms with van der Waals surface area (Å²) in [6.07, 6.45) is 0.981. The van der Waals surface area contributed by atoms with E-state index in [0.29, 0.717) is 23.4 Å². The predicted molar refractivity (Wildman–Crippen MR) is 78.2 cm³/mol. The summed E-state index contributed by atoms with van der Waals surface area (Å²) in [5, 5.41) is 18.4. The van der Waals surface area contributed by atoms with Crippen molar-refractivity contribution in [3.05, 3.63) is 10.6 Å². The van der Waals surface area contributed by atoms with Gasteiger partial charge in [0.1, 0.15) is 10.7 Å². The largest absolute Gasteiger partial charge is 0.409 e. The number of carbonyl (C=O) groups is 1. The summed E-state index contributed by atoms with van der Waals surface area (Å²) in [5.41, 5.74) is 5.91. The van der Waals surface area contributed by atoms with Gasteiger partial charge in [-0.3, -0.25) is 4.79 Å². The van der Waals surface area contributed by atoms with Gasteiger partial charge >= 0.3 is 0 Å². The molecule has 0 aliphatic carbocycles. The molecule has 0 aromatic carbocycles. The van der Waals surface area contributed by atoms with Gasteiger partial charge in [-0.05, 0) is 18.0 Å². The molecule has 1 unspecified atom stereocenters. The third-order valence-corrected chi connectivity index (χ3v) is 3.54. The van der Waals surface area contributed by atoms with Crippen LogP contribution in [0.15, 0.2) is 5.16 Å². The molecule has 1 atom stereocenters. The fourth-order valence-corrected chi connectivity index (χ4v) is 2.45. The Morgan fingerprint density at radius 1 is 1.55 bits per heavy atom. The number of hydrogen-bond acceptors (Lipinski definition) is 6. The zero-order chi connectivity index (χ0) is 15.3. The molecular formula is C12H21N5O2S. The number of nitrogens with one attached hydrogen (secondary N) is 1. The van der Waals surface area contributed by atoms with Crippen molar-refractivity contribution < 1.29 is 10.0 Å². The van der Waals surface area contributed by atoms with Crippen LogP contribution in [0.3, 0.4) is 0 Å². The highest BCUT2D eigenvalue weighted by Gasteiger charge is 2.27. The molecule has 0 spiro atoms. The Labute approximate surface area is 122 Å². The average molecular weight is 299 g/mol. The summed E-state index contributed by atoms with van der Waals surface area (Å²) in [4.78, 5) is 12.8. The standard InChI is InChI=1S/C12H21N5O2S/c1-5-7(6-8(13)16-19)14-11(18)9-10(12(2,3)4)15-17-20-9/h7,19H,5-6H2,1-4H3,(H2,13,16)(H,14,18). The van der Waals surface area contributed by atoms with Crippen LogP contribution in [-0.2, 0) is 5.41 Å². The van der Waals surface area contributed by atoms with Crippen molar-refractivity contribution in [2.45, 2.75) is 52.0 Å². The molecule has 1 aromatic rings. The van der Waals surface area contributed by atoms with E-state index in [-0.39, 0.29) is 23.2 Å². The van der Waals surface area contributed by atoms with Crippen molar-refractivity contribution in [3.63, 3.8) is 0 Å². The number of nitrogens with zero attached hydrogens (tertiary/aromatic N) is 3. The Bertz CT molecular complexity index is 492. The summed E-state index contributed by atoms with van der Waals surface area (Å²) in [6.45, 7) is 7.86. The first-order valence-corrected chi connectivity index (χ1v) is 7.17. The molecule has 112 valence electrons. The van der Waals surface area contributed by atoms with E-state index in [0.717, 1.165) is 11.5 Å². The second-order valence-electron chi connectivity index (χ2n) is 5.57. The number of carbonyl (C=O) groups excluding carboxylic acids is 1. The molecule has 0 bridgehead atoms. The van der Waals surface area contributed by atoms with Crippen molar-refractivity contribution in [1.82, 2.24) is 14.9 Å². The molecule has 0 fully saturated rings. The van der Waals surface area contributed by atoms with Crippen molar-refractivity contribution in [1.29, 1.82) is 0 Å². The lowest BCUT2D eigenvalue weighted by Gasteiger charge is -2.19. The summed E-state index contributed by atoms with van der Waals surface area (Å²) in [5.74, 6) is -0.127. The van der Waals surface area contributed by atoms with Gasteiger partial charge in [0.05, 0.1) is 5.69 Å². The SMILES string of the molecule is CCC(CC(N)=NO)NC(=O)c1snnc1C(C)(C)C. The zero-order valence-corrected chi connectivity index (χ0v) is 13.0. The molecule has 1 aromatic heterocycles. The molecule has 0 radical (unpaired) electrons. The lowest BCUT2D eigenvalue weighted by molar-refractivity contribution is 0.0938. The van der Waals surface area contributed by atoms with Crippen LogP contribution in [0.5, 0.6) is 0 Å². The van der Waals surface area contributed by atoms with Gasteiger partial charge in [0.2, 0.25) is 0 Å². The third kappa shape index (κ3) is 4.16. The Morgan fingerprint density at radius 2 is 2.20 bits per heavy atom. The van der Waals surface area contributed by atoms with Crippen LogP contribution < -0.4 is 11.1 Å². The molecule has 0 saturated heterocycles. The van der Waals surface area contributed by atoms with E-state index in [2.05, 4.69) is 20.1 Å². The topological polar surface area (TPSA) is 113 Å². The van der Waals surface area contributed by atoms with E-state index in [1.54, 1.807) is 0 Å². The fourth-order valence-electron chi connectivity index (χ4n) is 1.67. The number of hydrogen-bond donors (Lipinski definition) is 3. The smallest absolute Gasteiger partial charge is 0.265 e. The van der Waals surface area contributed by atoms with Crippen LogP contribution in [0.25, 0.3) is 0 Å². The molecule has 0 saturated carbocycles. The maximum atomic E-state index is 12.3. The minimum Gasteiger partial charge on any atom is -0.409 e. The van der Waals surface area contributed by atoms with Crippen molar-refractivity contribution in [2.24, 2.45) is 10.9 Å². The van der Waals surface area contributed by atoms with Gasteiger partial charge in [-0.25, -0.2) is 0 Å². The third-order valence-electron chi connectivity index (χ3n) is 2.82. The van der Waals surface area contributed by atoms with E-state index < -0.39 is 0 Å². The summed E-state index contributed by atoms with van der Waals surface area (Å²) in [7, 11) is 0. The number of nitrogens with two attached hydrogens (primary N) is 1. The number of rotatable bonds is 5. The van der Waals surface area contributed by atoms with Gasteiger partial charge in [0.15, 0.2) is 0 Å². The van der Waals surface area contributed by atoms with Gasteiger partial charge in [0.25, 0.3) is 5.91 Å². The molecule has 0 aliphatic heterocycles. The predicted octanol–water partition coefficient (Wildman–Crippen LogP) is 1.48. The van der Waals surface area contributed by atoms with Crippen LogP contribution >= 0.6 is 11.5 Å². The maximum Gasteiger partial charge on any atom is 0.265 e.